The fraction of sp³-hybridized carbons (Fsp3) is 0.0303. The van der Waals surface area contributed by atoms with Gasteiger partial charge in [-0.25, -0.2) is 152 Å². The molecule has 12 aromatic rings. The number of nitriles is 8. The second kappa shape index (κ2) is 42.3. The molecule has 0 aliphatic heterocycles. The van der Waals surface area contributed by atoms with Crippen molar-refractivity contribution in [2.24, 2.45) is 0 Å². The van der Waals surface area contributed by atoms with Gasteiger partial charge in [-0.3, -0.25) is 0 Å². The van der Waals surface area contributed by atoms with Crippen LogP contribution in [0.3, 0.4) is 0 Å². The second-order valence-corrected chi connectivity index (χ2v) is 27.2. The molecule has 0 saturated heterocycles. The van der Waals surface area contributed by atoms with Crippen LogP contribution >= 0.6 is 0 Å². The van der Waals surface area contributed by atoms with Gasteiger partial charge in [0.1, 0.15) is 53.4 Å². The predicted molar refractivity (Wildman–Crippen MR) is 444 cm³/mol. The predicted octanol–water partition coefficient (Wildman–Crippen LogP) is 20.6. The molecule has 0 atom stereocenters. The Labute approximate surface area is 752 Å². The number of benzene rings is 12. The Morgan fingerprint density at radius 1 is 0.235 bits per heavy atom. The molecule has 12 rings (SSSR count). The summed E-state index contributed by atoms with van der Waals surface area (Å²) in [6, 6.07) is 40.0. The molecule has 0 bridgehead atoms. The Morgan fingerprint density at radius 3 is 0.824 bits per heavy atom. The van der Waals surface area contributed by atoms with E-state index in [4.69, 9.17) is 57.8 Å². The molecule has 0 spiro atoms. The van der Waals surface area contributed by atoms with E-state index in [0.717, 1.165) is 72.8 Å². The van der Waals surface area contributed by atoms with Crippen molar-refractivity contribution in [3.8, 4) is 93.1 Å². The molecule has 12 aromatic carbocycles. The van der Waals surface area contributed by atoms with Gasteiger partial charge >= 0.3 is 0 Å². The van der Waals surface area contributed by atoms with Crippen LogP contribution in [0, 0.1) is 286 Å². The monoisotopic (exact) mass is 1840 g/mol. The van der Waals surface area contributed by atoms with Crippen molar-refractivity contribution in [3.05, 3.63) is 440 Å². The Kier molecular flexibility index (Phi) is 31.0. The molecule has 16 nitrogen and oxygen atoms in total. The Hall–Kier alpha value is -20.0. The van der Waals surface area contributed by atoms with Crippen LogP contribution in [-0.4, -0.2) is 0 Å². The molecule has 656 valence electrons. The van der Waals surface area contributed by atoms with Crippen LogP contribution in [0.4, 0.5) is 115 Å². The maximum absolute atomic E-state index is 15.0. The summed E-state index contributed by atoms with van der Waals surface area (Å²) in [6.07, 6.45) is 0. The lowest BCUT2D eigenvalue weighted by atomic mass is 9.94. The maximum Gasteiger partial charge on any atom is 0.268 e. The van der Waals surface area contributed by atoms with E-state index in [1.165, 1.54) is 97.9 Å². The van der Waals surface area contributed by atoms with Crippen molar-refractivity contribution in [2.75, 3.05) is 0 Å². The van der Waals surface area contributed by atoms with Crippen LogP contribution in [-0.2, 0) is 0 Å². The van der Waals surface area contributed by atoms with Crippen LogP contribution < -0.4 is 41.7 Å². The largest absolute Gasteiger partial charge is 0.268 e. The van der Waals surface area contributed by atoms with Gasteiger partial charge in [0.15, 0.2) is 93.1 Å². The van der Waals surface area contributed by atoms with E-state index in [9.17, 15) is 129 Å². The average Bonchev–Trinajstić information content (AvgIpc) is 0.771. The van der Waals surface area contributed by atoms with E-state index in [1.54, 1.807) is 38.1 Å². The standard InChI is InChI=1S/3C25H9F5N4.C24H6F6N4/c1-12-4-6-15(18(26)8-12)16-9-13(19(11-32)33-2)5-7-14(16)17(10-31)20-21(27)23(29)25(34-3)24(30)22(20)28;1-12-6-14(8-15(26)7-12)17-9-13(19(11-32)33-2)4-5-16(17)18(10-31)20-21(27)23(29)25(34-3)24(30)22(20)28;1-12-5-4-6-15(20(12)26)16-9-13(18(11-32)33-2)7-8-14(16)17(10-31)19-21(27)23(29)25(34-3)24(30)22(19)28;1-33-18(10-32)11-3-5-13(14(7-11)15-8-12(25)4-6-17(15)26)16(9-31)19-20(27)22(29)24(34-2)23(30)21(19)28/h3*4-9H,1H3;3-8H/b17-14+,19-13+;18-16+,19-13+;17-14+,18-13+;16-13+,18-11+. The number of hydrogen-bond acceptors (Lipinski definition) is 8. The maximum atomic E-state index is 15.0. The molecular weight excluding hydrogens is 1810 g/mol. The van der Waals surface area contributed by atoms with Crippen LogP contribution in [0.1, 0.15) is 38.9 Å². The molecule has 0 heterocycles. The highest BCUT2D eigenvalue weighted by Crippen LogP contribution is 2.40. The zero-order valence-electron chi connectivity index (χ0n) is 67.9. The third-order valence-corrected chi connectivity index (χ3v) is 19.4. The van der Waals surface area contributed by atoms with Crippen molar-refractivity contribution >= 4 is 67.8 Å². The number of halogens is 21. The first-order chi connectivity index (χ1) is 64.8. The first kappa shape index (κ1) is 99.7. The molecule has 0 radical (unpaired) electrons. The molecule has 0 unspecified atom stereocenters. The second-order valence-electron chi connectivity index (χ2n) is 27.2. The van der Waals surface area contributed by atoms with Crippen LogP contribution in [0.15, 0.2) is 146 Å². The summed E-state index contributed by atoms with van der Waals surface area (Å²) in [5.74, 6) is -36.0. The van der Waals surface area contributed by atoms with Crippen molar-refractivity contribution in [3.63, 3.8) is 0 Å². The van der Waals surface area contributed by atoms with E-state index < -0.39 is 211 Å². The van der Waals surface area contributed by atoms with Gasteiger partial charge in [0, 0.05) is 37.6 Å². The molecule has 0 aromatic heterocycles. The van der Waals surface area contributed by atoms with E-state index in [1.807, 2.05) is 0 Å². The Bertz CT molecular complexity index is 8250. The van der Waals surface area contributed by atoms with E-state index in [-0.39, 0.29) is 92.6 Å². The van der Waals surface area contributed by atoms with Crippen molar-refractivity contribution in [1.82, 2.24) is 0 Å². The Morgan fingerprint density at radius 2 is 0.537 bits per heavy atom. The minimum atomic E-state index is -2.04. The van der Waals surface area contributed by atoms with Crippen LogP contribution in [0.5, 0.6) is 0 Å². The van der Waals surface area contributed by atoms with Crippen molar-refractivity contribution in [2.45, 2.75) is 20.8 Å². The quantitative estimate of drug-likeness (QED) is 0.0806. The molecule has 0 saturated carbocycles. The minimum Gasteiger partial charge on any atom is -0.232 e. The SMILES string of the molecule is [C-]#[N+]/C(C#N)=c1\cc/c(=C(/C#N)c2c(F)c(F)c([N+]#[C-])c(F)c2F)c(-c2cc(C)cc(F)c2)c1.[C-]#[N+]/C(C#N)=c1\cc/c(=C(/C#N)c2c(F)c(F)c([N+]#[C-])c(F)c2F)c(-c2cc(F)ccc2F)c1.[C-]#[N+]/C(C#N)=c1\cc/c(=C(/C#N)c2c(F)c(F)c([N+]#[C-])c(F)c2F)c(-c2ccc(C)cc2F)c1.[C-]#[N+]/C(C#N)=c1\cc/c(=C(/C#N)c2c(F)c(F)c([N+]#[C-])c(F)c2F)c(-c2cccc(C)c2F)c1. The summed E-state index contributed by atoms with van der Waals surface area (Å²) < 4.78 is 304. The van der Waals surface area contributed by atoms with Gasteiger partial charge in [-0.05, 0) is 123 Å². The zero-order chi connectivity index (χ0) is 101. The number of aryl methyl sites for hydroxylation is 3. The lowest BCUT2D eigenvalue weighted by Gasteiger charge is -2.12. The van der Waals surface area contributed by atoms with Crippen LogP contribution in [0.2, 0.25) is 0 Å². The summed E-state index contributed by atoms with van der Waals surface area (Å²) in [6.45, 7) is 60.0. The average molecular weight is 1850 g/mol. The zero-order valence-corrected chi connectivity index (χ0v) is 67.9. The van der Waals surface area contributed by atoms with E-state index in [2.05, 4.69) is 38.8 Å². The molecule has 0 aliphatic carbocycles. The fourth-order valence-electron chi connectivity index (χ4n) is 13.2. The van der Waals surface area contributed by atoms with Crippen LogP contribution in [0.25, 0.3) is 128 Å². The van der Waals surface area contributed by atoms with Gasteiger partial charge in [-0.15, -0.1) is 0 Å². The first-order valence-corrected chi connectivity index (χ1v) is 36.7. The molecule has 0 N–H and O–H groups in total. The summed E-state index contributed by atoms with van der Waals surface area (Å²) in [7, 11) is 0. The number of nitrogens with zero attached hydrogens (tertiary/aromatic N) is 16. The first-order valence-electron chi connectivity index (χ1n) is 36.7. The van der Waals surface area contributed by atoms with Gasteiger partial charge in [0.2, 0.25) is 0 Å². The summed E-state index contributed by atoms with van der Waals surface area (Å²) >= 11 is 0. The van der Waals surface area contributed by atoms with E-state index >= 15 is 0 Å². The third-order valence-electron chi connectivity index (χ3n) is 19.4. The summed E-state index contributed by atoms with van der Waals surface area (Å²) in [4.78, 5) is 21.9. The molecule has 37 heteroatoms. The normalized spacial score (nSPS) is 12.1. The lowest BCUT2D eigenvalue weighted by molar-refractivity contribution is 0.457. The smallest absolute Gasteiger partial charge is 0.232 e. The summed E-state index contributed by atoms with van der Waals surface area (Å²) in [5, 5.41) is 74.2. The molecule has 0 amide bonds. The van der Waals surface area contributed by atoms with E-state index in [0.29, 0.717) is 17.2 Å². The van der Waals surface area contributed by atoms with Gasteiger partial charge in [-0.1, -0.05) is 109 Å². The number of hydrogen-bond donors (Lipinski definition) is 0. The highest BCUT2D eigenvalue weighted by Gasteiger charge is 2.34. The molecular formula is C99H33F21N16. The minimum absolute atomic E-state index is 0.0233. The third kappa shape index (κ3) is 19.1. The van der Waals surface area contributed by atoms with Gasteiger partial charge in [0.05, 0.1) is 121 Å². The lowest BCUT2D eigenvalue weighted by Crippen LogP contribution is -2.18. The Balaban J connectivity index is 0.000000203. The molecule has 0 fully saturated rings. The molecule has 0 aliphatic rings. The summed E-state index contributed by atoms with van der Waals surface area (Å²) in [5.41, 5.74) is -17.1. The van der Waals surface area contributed by atoms with Crippen molar-refractivity contribution < 1.29 is 92.2 Å². The van der Waals surface area contributed by atoms with Gasteiger partial charge in [0.25, 0.3) is 45.5 Å². The molecule has 136 heavy (non-hydrogen) atoms. The van der Waals surface area contributed by atoms with Crippen molar-refractivity contribution in [1.29, 1.82) is 42.1 Å². The number of rotatable bonds is 8. The van der Waals surface area contributed by atoms with Gasteiger partial charge in [-0.2, -0.15) is 21.0 Å². The highest BCUT2D eigenvalue weighted by atomic mass is 19.2. The van der Waals surface area contributed by atoms with Gasteiger partial charge < -0.3 is 0 Å². The fourth-order valence-corrected chi connectivity index (χ4v) is 13.2. The topological polar surface area (TPSA) is 225 Å². The highest BCUT2D eigenvalue weighted by molar-refractivity contribution is 5.88.